The van der Waals surface area contributed by atoms with Gasteiger partial charge in [0.2, 0.25) is 0 Å². The van der Waals surface area contributed by atoms with Crippen molar-refractivity contribution in [3.05, 3.63) is 64.4 Å². The Morgan fingerprint density at radius 2 is 2.00 bits per heavy atom. The maximum atomic E-state index is 13.2. The molecule has 0 radical (unpaired) electrons. The van der Waals surface area contributed by atoms with Gasteiger partial charge in [-0.2, -0.15) is 0 Å². The number of halogens is 2. The molecule has 0 aromatic heterocycles. The number of hydrogen-bond donors (Lipinski definition) is 1. The molecule has 2 nitrogen and oxygen atoms in total. The molecule has 0 bridgehead atoms. The van der Waals surface area contributed by atoms with E-state index in [-0.39, 0.29) is 5.82 Å². The van der Waals surface area contributed by atoms with E-state index in [1.54, 1.807) is 37.4 Å². The Kier molecular flexibility index (Phi) is 3.84. The van der Waals surface area contributed by atoms with Gasteiger partial charge in [-0.25, -0.2) is 4.39 Å². The van der Waals surface area contributed by atoms with Crippen LogP contribution in [0.3, 0.4) is 0 Å². The third-order valence-corrected chi connectivity index (χ3v) is 2.97. The lowest BCUT2D eigenvalue weighted by Crippen LogP contribution is -2.13. The molecule has 0 aliphatic heterocycles. The van der Waals surface area contributed by atoms with Crippen LogP contribution in [-0.4, -0.2) is 7.11 Å². The third kappa shape index (κ3) is 2.63. The van der Waals surface area contributed by atoms with E-state index in [0.29, 0.717) is 16.3 Å². The van der Waals surface area contributed by atoms with E-state index < -0.39 is 6.04 Å². The zero-order valence-electron chi connectivity index (χ0n) is 9.86. The van der Waals surface area contributed by atoms with E-state index in [1.807, 2.05) is 0 Å². The summed E-state index contributed by atoms with van der Waals surface area (Å²) in [5.74, 6) is 0.320. The second-order valence-corrected chi connectivity index (χ2v) is 4.36. The number of hydrogen-bond acceptors (Lipinski definition) is 2. The molecule has 0 saturated heterocycles. The standard InChI is InChI=1S/C14H13ClFNO/c1-18-13-6-5-10(15)8-12(13)14(17)9-3-2-4-11(16)7-9/h2-8,14H,17H2,1H3. The monoisotopic (exact) mass is 265 g/mol. The first-order valence-electron chi connectivity index (χ1n) is 5.46. The lowest BCUT2D eigenvalue weighted by molar-refractivity contribution is 0.408. The van der Waals surface area contributed by atoms with Crippen LogP contribution in [0.1, 0.15) is 17.2 Å². The van der Waals surface area contributed by atoms with Crippen LogP contribution in [0, 0.1) is 5.82 Å². The van der Waals surface area contributed by atoms with Crippen LogP contribution in [-0.2, 0) is 0 Å². The first-order chi connectivity index (χ1) is 8.61. The second-order valence-electron chi connectivity index (χ2n) is 3.92. The van der Waals surface area contributed by atoms with Crippen molar-refractivity contribution >= 4 is 11.6 Å². The van der Waals surface area contributed by atoms with Gasteiger partial charge in [0, 0.05) is 10.6 Å². The maximum absolute atomic E-state index is 13.2. The van der Waals surface area contributed by atoms with Gasteiger partial charge in [0.05, 0.1) is 13.2 Å². The Morgan fingerprint density at radius 3 is 2.67 bits per heavy atom. The van der Waals surface area contributed by atoms with Gasteiger partial charge < -0.3 is 10.5 Å². The van der Waals surface area contributed by atoms with Gasteiger partial charge in [0.15, 0.2) is 0 Å². The van der Waals surface area contributed by atoms with Crippen LogP contribution in [0.5, 0.6) is 5.75 Å². The molecule has 2 aromatic rings. The lowest BCUT2D eigenvalue weighted by atomic mass is 9.99. The first-order valence-corrected chi connectivity index (χ1v) is 5.84. The molecule has 94 valence electrons. The zero-order valence-corrected chi connectivity index (χ0v) is 10.6. The van der Waals surface area contributed by atoms with Crippen LogP contribution in [0.4, 0.5) is 4.39 Å². The SMILES string of the molecule is COc1ccc(Cl)cc1C(N)c1cccc(F)c1. The molecule has 18 heavy (non-hydrogen) atoms. The molecule has 0 fully saturated rings. The van der Waals surface area contributed by atoms with E-state index >= 15 is 0 Å². The number of rotatable bonds is 3. The molecule has 0 heterocycles. The molecule has 2 N–H and O–H groups in total. The highest BCUT2D eigenvalue weighted by molar-refractivity contribution is 6.30. The van der Waals surface area contributed by atoms with Gasteiger partial charge in [-0.3, -0.25) is 0 Å². The third-order valence-electron chi connectivity index (χ3n) is 2.73. The van der Waals surface area contributed by atoms with E-state index in [9.17, 15) is 4.39 Å². The fraction of sp³-hybridized carbons (Fsp3) is 0.143. The Bertz CT molecular complexity index is 559. The van der Waals surface area contributed by atoms with Crippen molar-refractivity contribution in [3.8, 4) is 5.75 Å². The van der Waals surface area contributed by atoms with Crippen molar-refractivity contribution in [2.45, 2.75) is 6.04 Å². The first kappa shape index (κ1) is 12.9. The average Bonchev–Trinajstić information content (AvgIpc) is 2.38. The van der Waals surface area contributed by atoms with Gasteiger partial charge in [0.25, 0.3) is 0 Å². The second kappa shape index (κ2) is 5.38. The minimum absolute atomic E-state index is 0.316. The van der Waals surface area contributed by atoms with Crippen molar-refractivity contribution in [2.75, 3.05) is 7.11 Å². The summed E-state index contributed by atoms with van der Waals surface area (Å²) in [7, 11) is 1.56. The lowest BCUT2D eigenvalue weighted by Gasteiger charge is -2.16. The Balaban J connectivity index is 2.44. The summed E-state index contributed by atoms with van der Waals surface area (Å²) in [6.07, 6.45) is 0. The highest BCUT2D eigenvalue weighted by atomic mass is 35.5. The maximum Gasteiger partial charge on any atom is 0.124 e. The van der Waals surface area contributed by atoms with Crippen molar-refractivity contribution in [1.29, 1.82) is 0 Å². The fourth-order valence-electron chi connectivity index (χ4n) is 1.83. The Labute approximate surface area is 110 Å². The summed E-state index contributed by atoms with van der Waals surface area (Å²) in [5, 5.41) is 0.567. The molecule has 0 spiro atoms. The molecule has 1 unspecified atom stereocenters. The molecule has 4 heteroatoms. The molecule has 1 atom stereocenters. The number of methoxy groups -OCH3 is 1. The van der Waals surface area contributed by atoms with Gasteiger partial charge in [-0.1, -0.05) is 23.7 Å². The van der Waals surface area contributed by atoms with Crippen LogP contribution in [0.2, 0.25) is 5.02 Å². The van der Waals surface area contributed by atoms with E-state index in [1.165, 1.54) is 12.1 Å². The number of nitrogens with two attached hydrogens (primary N) is 1. The molecule has 0 amide bonds. The number of benzene rings is 2. The Morgan fingerprint density at radius 1 is 1.22 bits per heavy atom. The highest BCUT2D eigenvalue weighted by Crippen LogP contribution is 2.30. The van der Waals surface area contributed by atoms with Crippen LogP contribution >= 0.6 is 11.6 Å². The van der Waals surface area contributed by atoms with Crippen molar-refractivity contribution in [2.24, 2.45) is 5.73 Å². The minimum atomic E-state index is -0.477. The summed E-state index contributed by atoms with van der Waals surface area (Å²) in [6.45, 7) is 0. The quantitative estimate of drug-likeness (QED) is 0.921. The Hall–Kier alpha value is -1.58. The summed E-state index contributed by atoms with van der Waals surface area (Å²) >= 11 is 5.95. The van der Waals surface area contributed by atoms with E-state index in [0.717, 1.165) is 5.56 Å². The zero-order chi connectivity index (χ0) is 13.1. The van der Waals surface area contributed by atoms with Crippen molar-refractivity contribution < 1.29 is 9.13 Å². The highest BCUT2D eigenvalue weighted by Gasteiger charge is 2.15. The smallest absolute Gasteiger partial charge is 0.124 e. The number of ether oxygens (including phenoxy) is 1. The van der Waals surface area contributed by atoms with Crippen molar-refractivity contribution in [1.82, 2.24) is 0 Å². The van der Waals surface area contributed by atoms with Crippen LogP contribution in [0.25, 0.3) is 0 Å². The summed E-state index contributed by atoms with van der Waals surface area (Å²) in [5.41, 5.74) is 7.53. The molecule has 2 aromatic carbocycles. The van der Waals surface area contributed by atoms with Gasteiger partial charge in [-0.15, -0.1) is 0 Å². The van der Waals surface area contributed by atoms with E-state index in [2.05, 4.69) is 0 Å². The predicted molar refractivity (Wildman–Crippen MR) is 70.4 cm³/mol. The average molecular weight is 266 g/mol. The molecule has 0 saturated carbocycles. The largest absolute Gasteiger partial charge is 0.496 e. The van der Waals surface area contributed by atoms with E-state index in [4.69, 9.17) is 22.1 Å². The molecule has 2 rings (SSSR count). The molecular weight excluding hydrogens is 253 g/mol. The minimum Gasteiger partial charge on any atom is -0.496 e. The predicted octanol–water partition coefficient (Wildman–Crippen LogP) is 3.54. The van der Waals surface area contributed by atoms with Gasteiger partial charge in [-0.05, 0) is 35.9 Å². The fourth-order valence-corrected chi connectivity index (χ4v) is 2.01. The van der Waals surface area contributed by atoms with Crippen LogP contribution in [0.15, 0.2) is 42.5 Å². The van der Waals surface area contributed by atoms with Gasteiger partial charge in [0.1, 0.15) is 11.6 Å². The van der Waals surface area contributed by atoms with Crippen LogP contribution < -0.4 is 10.5 Å². The normalized spacial score (nSPS) is 12.2. The van der Waals surface area contributed by atoms with Crippen molar-refractivity contribution in [3.63, 3.8) is 0 Å². The topological polar surface area (TPSA) is 35.2 Å². The molecule has 0 aliphatic rings. The van der Waals surface area contributed by atoms with Gasteiger partial charge >= 0.3 is 0 Å². The summed E-state index contributed by atoms with van der Waals surface area (Å²) < 4.78 is 18.4. The molecular formula is C14H13ClFNO. The summed E-state index contributed by atoms with van der Waals surface area (Å²) in [6, 6.07) is 10.9. The summed E-state index contributed by atoms with van der Waals surface area (Å²) in [4.78, 5) is 0. The molecule has 0 aliphatic carbocycles.